The molecule has 0 bridgehead atoms. The Morgan fingerprint density at radius 2 is 2.15 bits per heavy atom. The fraction of sp³-hybridized carbons (Fsp3) is 0.471. The summed E-state index contributed by atoms with van der Waals surface area (Å²) in [6.45, 7) is 4.26. The van der Waals surface area contributed by atoms with E-state index in [1.165, 1.54) is 33.3 Å². The predicted octanol–water partition coefficient (Wildman–Crippen LogP) is 3.69. The molecule has 2 aromatic rings. The number of carboxylic acid groups (broad SMARTS) is 1. The summed E-state index contributed by atoms with van der Waals surface area (Å²) in [5, 5.41) is 10.4. The molecule has 106 valence electrons. The lowest BCUT2D eigenvalue weighted by molar-refractivity contribution is -0.137. The molecule has 1 heterocycles. The second-order valence-electron chi connectivity index (χ2n) is 6.08. The molecule has 1 N–H and O–H groups in total. The molecule has 1 unspecified atom stereocenters. The standard InChI is InChI=1S/C17H21NO2/c1-10-7-11(2)17-13(8-10)16-12(9-15(19)20)5-4-6-14(16)18(17)3/h7-8,12H,4-6,9H2,1-3H3,(H,19,20). The van der Waals surface area contributed by atoms with Crippen molar-refractivity contribution in [2.45, 2.75) is 45.4 Å². The predicted molar refractivity (Wildman–Crippen MR) is 80.3 cm³/mol. The van der Waals surface area contributed by atoms with Gasteiger partial charge in [-0.05, 0) is 56.2 Å². The third kappa shape index (κ3) is 1.92. The third-order valence-electron chi connectivity index (χ3n) is 4.58. The molecule has 0 radical (unpaired) electrons. The zero-order valence-corrected chi connectivity index (χ0v) is 12.4. The fourth-order valence-corrected chi connectivity index (χ4v) is 3.91. The number of carboxylic acids is 1. The van der Waals surface area contributed by atoms with Crippen molar-refractivity contribution in [2.24, 2.45) is 7.05 Å². The molecule has 0 saturated carbocycles. The second kappa shape index (κ2) is 4.65. The third-order valence-corrected chi connectivity index (χ3v) is 4.58. The first-order valence-electron chi connectivity index (χ1n) is 7.29. The topological polar surface area (TPSA) is 42.2 Å². The first-order chi connectivity index (χ1) is 9.49. The number of aliphatic carboxylic acids is 1. The molecule has 1 aliphatic rings. The summed E-state index contributed by atoms with van der Waals surface area (Å²) in [5.74, 6) is -0.523. The van der Waals surface area contributed by atoms with Crippen molar-refractivity contribution < 1.29 is 9.90 Å². The van der Waals surface area contributed by atoms with Crippen LogP contribution in [0.1, 0.15) is 47.6 Å². The van der Waals surface area contributed by atoms with Crippen molar-refractivity contribution in [3.05, 3.63) is 34.5 Å². The lowest BCUT2D eigenvalue weighted by Crippen LogP contribution is -2.14. The number of aromatic nitrogens is 1. The highest BCUT2D eigenvalue weighted by molar-refractivity contribution is 5.90. The Labute approximate surface area is 119 Å². The van der Waals surface area contributed by atoms with Gasteiger partial charge < -0.3 is 9.67 Å². The van der Waals surface area contributed by atoms with Crippen molar-refractivity contribution in [2.75, 3.05) is 0 Å². The van der Waals surface area contributed by atoms with Gasteiger partial charge in [-0.1, -0.05) is 11.6 Å². The largest absolute Gasteiger partial charge is 0.481 e. The highest BCUT2D eigenvalue weighted by Crippen LogP contribution is 2.41. The molecule has 3 heteroatoms. The summed E-state index contributed by atoms with van der Waals surface area (Å²) in [6.07, 6.45) is 3.40. The molecule has 0 spiro atoms. The van der Waals surface area contributed by atoms with Crippen molar-refractivity contribution >= 4 is 16.9 Å². The molecule has 20 heavy (non-hydrogen) atoms. The SMILES string of the molecule is Cc1cc(C)c2c(c1)c1c(n2C)CCCC1CC(=O)O. The minimum atomic E-state index is -0.691. The van der Waals surface area contributed by atoms with Crippen molar-refractivity contribution in [1.82, 2.24) is 4.57 Å². The Hall–Kier alpha value is -1.77. The summed E-state index contributed by atoms with van der Waals surface area (Å²) < 4.78 is 2.29. The lowest BCUT2D eigenvalue weighted by Gasteiger charge is -2.22. The molecule has 1 aromatic carbocycles. The molecule has 1 aliphatic carbocycles. The van der Waals surface area contributed by atoms with E-state index in [1.807, 2.05) is 0 Å². The maximum absolute atomic E-state index is 11.1. The van der Waals surface area contributed by atoms with Gasteiger partial charge in [0.15, 0.2) is 0 Å². The van der Waals surface area contributed by atoms with Gasteiger partial charge in [-0.2, -0.15) is 0 Å². The van der Waals surface area contributed by atoms with Crippen LogP contribution in [-0.4, -0.2) is 15.6 Å². The number of carbonyl (C=O) groups is 1. The Morgan fingerprint density at radius 1 is 1.40 bits per heavy atom. The molecule has 3 rings (SSSR count). The van der Waals surface area contributed by atoms with Gasteiger partial charge in [0.2, 0.25) is 0 Å². The Balaban J connectivity index is 2.29. The molecule has 0 aliphatic heterocycles. The Bertz CT molecular complexity index is 697. The first kappa shape index (κ1) is 13.2. The van der Waals surface area contributed by atoms with Gasteiger partial charge in [0.1, 0.15) is 0 Å². The van der Waals surface area contributed by atoms with Crippen LogP contribution in [0.5, 0.6) is 0 Å². The van der Waals surface area contributed by atoms with Crippen molar-refractivity contribution in [1.29, 1.82) is 0 Å². The summed E-state index contributed by atoms with van der Waals surface area (Å²) in [6, 6.07) is 4.43. The van der Waals surface area contributed by atoms with Crippen LogP contribution in [0.2, 0.25) is 0 Å². The van der Waals surface area contributed by atoms with Crippen LogP contribution in [0, 0.1) is 13.8 Å². The monoisotopic (exact) mass is 271 g/mol. The van der Waals surface area contributed by atoms with E-state index in [-0.39, 0.29) is 12.3 Å². The van der Waals surface area contributed by atoms with Gasteiger partial charge in [0.05, 0.1) is 11.9 Å². The molecule has 0 saturated heterocycles. The van der Waals surface area contributed by atoms with Crippen LogP contribution in [0.3, 0.4) is 0 Å². The van der Waals surface area contributed by atoms with Crippen LogP contribution >= 0.6 is 0 Å². The normalized spacial score (nSPS) is 18.2. The van der Waals surface area contributed by atoms with E-state index in [4.69, 9.17) is 0 Å². The first-order valence-corrected chi connectivity index (χ1v) is 7.29. The van der Waals surface area contributed by atoms with Crippen molar-refractivity contribution in [3.8, 4) is 0 Å². The van der Waals surface area contributed by atoms with Gasteiger partial charge >= 0.3 is 5.97 Å². The van der Waals surface area contributed by atoms with E-state index < -0.39 is 5.97 Å². The summed E-state index contributed by atoms with van der Waals surface area (Å²) in [5.41, 5.74) is 6.45. The van der Waals surface area contributed by atoms with E-state index in [0.29, 0.717) is 0 Å². The Kier molecular flexibility index (Phi) is 3.08. The van der Waals surface area contributed by atoms with Crippen LogP contribution in [0.4, 0.5) is 0 Å². The smallest absolute Gasteiger partial charge is 0.303 e. The molecule has 0 amide bonds. The van der Waals surface area contributed by atoms with Crippen LogP contribution < -0.4 is 0 Å². The summed E-state index contributed by atoms with van der Waals surface area (Å²) in [4.78, 5) is 11.1. The molecular formula is C17H21NO2. The molecule has 1 atom stereocenters. The number of benzene rings is 1. The van der Waals surface area contributed by atoms with E-state index in [0.717, 1.165) is 19.3 Å². The van der Waals surface area contributed by atoms with Gasteiger partial charge in [0, 0.05) is 18.1 Å². The van der Waals surface area contributed by atoms with Crippen LogP contribution in [0.15, 0.2) is 12.1 Å². The van der Waals surface area contributed by atoms with Gasteiger partial charge in [-0.25, -0.2) is 0 Å². The Morgan fingerprint density at radius 3 is 2.85 bits per heavy atom. The van der Waals surface area contributed by atoms with E-state index in [1.54, 1.807) is 0 Å². The number of fused-ring (bicyclic) bond motifs is 3. The molecule has 0 fully saturated rings. The number of aryl methyl sites for hydroxylation is 3. The van der Waals surface area contributed by atoms with Crippen LogP contribution in [0.25, 0.3) is 10.9 Å². The number of hydrogen-bond acceptors (Lipinski definition) is 1. The van der Waals surface area contributed by atoms with Crippen LogP contribution in [-0.2, 0) is 18.3 Å². The zero-order valence-electron chi connectivity index (χ0n) is 12.4. The highest BCUT2D eigenvalue weighted by atomic mass is 16.4. The average Bonchev–Trinajstić information content (AvgIpc) is 2.63. The van der Waals surface area contributed by atoms with Gasteiger partial charge in [-0.15, -0.1) is 0 Å². The molecule has 1 aromatic heterocycles. The van der Waals surface area contributed by atoms with Gasteiger partial charge in [0.25, 0.3) is 0 Å². The second-order valence-corrected chi connectivity index (χ2v) is 6.08. The maximum atomic E-state index is 11.1. The quantitative estimate of drug-likeness (QED) is 0.905. The fourth-order valence-electron chi connectivity index (χ4n) is 3.91. The van der Waals surface area contributed by atoms with E-state index in [9.17, 15) is 9.90 Å². The molecule has 3 nitrogen and oxygen atoms in total. The minimum Gasteiger partial charge on any atom is -0.481 e. The minimum absolute atomic E-state index is 0.168. The van der Waals surface area contributed by atoms with Crippen molar-refractivity contribution in [3.63, 3.8) is 0 Å². The maximum Gasteiger partial charge on any atom is 0.303 e. The number of nitrogens with zero attached hydrogens (tertiary/aromatic N) is 1. The lowest BCUT2D eigenvalue weighted by atomic mass is 9.83. The number of rotatable bonds is 2. The summed E-state index contributed by atoms with van der Waals surface area (Å²) >= 11 is 0. The zero-order chi connectivity index (χ0) is 14.4. The summed E-state index contributed by atoms with van der Waals surface area (Å²) in [7, 11) is 2.12. The highest BCUT2D eigenvalue weighted by Gasteiger charge is 2.28. The van der Waals surface area contributed by atoms with Gasteiger partial charge in [-0.3, -0.25) is 4.79 Å². The van der Waals surface area contributed by atoms with E-state index in [2.05, 4.69) is 37.6 Å². The average molecular weight is 271 g/mol. The molecular weight excluding hydrogens is 250 g/mol. The number of hydrogen-bond donors (Lipinski definition) is 1. The van der Waals surface area contributed by atoms with E-state index >= 15 is 0 Å².